The van der Waals surface area contributed by atoms with Crippen molar-refractivity contribution in [2.45, 2.75) is 97.1 Å². The molecule has 6 fully saturated rings. The highest BCUT2D eigenvalue weighted by Crippen LogP contribution is 2.67. The van der Waals surface area contributed by atoms with Crippen LogP contribution in [0, 0.1) is 58.7 Å². The first kappa shape index (κ1) is 21.1. The summed E-state index contributed by atoms with van der Waals surface area (Å²) in [6.07, 6.45) is 10.8. The molecule has 4 saturated carbocycles. The topological polar surface area (TPSA) is 40.5 Å². The van der Waals surface area contributed by atoms with Crippen molar-refractivity contribution in [1.29, 1.82) is 0 Å². The molecule has 3 heteroatoms. The van der Waals surface area contributed by atoms with Crippen molar-refractivity contribution in [2.75, 3.05) is 13.1 Å². The largest absolute Gasteiger partial charge is 0.388 e. The molecule has 0 radical (unpaired) electrons. The number of Topliss-reactive ketones (excluding diaryl/α,β-unsaturated/α-hetero) is 1. The lowest BCUT2D eigenvalue weighted by Gasteiger charge is -2.59. The quantitative estimate of drug-likeness (QED) is 0.580. The lowest BCUT2D eigenvalue weighted by atomic mass is 9.51. The van der Waals surface area contributed by atoms with Gasteiger partial charge in [0.2, 0.25) is 0 Å². The summed E-state index contributed by atoms with van der Waals surface area (Å²) in [5.74, 6) is 6.39. The third-order valence-corrected chi connectivity index (χ3v) is 12.1. The summed E-state index contributed by atoms with van der Waals surface area (Å²) in [6, 6.07) is 0.369. The fourth-order valence-corrected chi connectivity index (χ4v) is 10.6. The number of nitrogens with zero attached hydrogens (tertiary/aromatic N) is 1. The van der Waals surface area contributed by atoms with Crippen molar-refractivity contribution in [3.63, 3.8) is 0 Å². The van der Waals surface area contributed by atoms with Crippen LogP contribution in [0.2, 0.25) is 0 Å². The Morgan fingerprint density at radius 2 is 1.65 bits per heavy atom. The van der Waals surface area contributed by atoms with E-state index in [1.807, 2.05) is 0 Å². The molecule has 6 rings (SSSR count). The Bertz CT molecular complexity index is 747. The first-order chi connectivity index (χ1) is 14.7. The first-order valence-corrected chi connectivity index (χ1v) is 13.7. The third-order valence-electron chi connectivity index (χ3n) is 12.1. The van der Waals surface area contributed by atoms with Crippen molar-refractivity contribution >= 4 is 5.78 Å². The van der Waals surface area contributed by atoms with E-state index < -0.39 is 5.60 Å². The van der Waals surface area contributed by atoms with Gasteiger partial charge in [-0.1, -0.05) is 27.2 Å². The van der Waals surface area contributed by atoms with E-state index in [4.69, 9.17) is 0 Å². The Labute approximate surface area is 189 Å². The number of piperidine rings is 2. The van der Waals surface area contributed by atoms with Gasteiger partial charge in [0.15, 0.2) is 0 Å². The van der Waals surface area contributed by atoms with Crippen molar-refractivity contribution in [1.82, 2.24) is 4.90 Å². The molecule has 0 aromatic rings. The fraction of sp³-hybridized carbons (Fsp3) is 0.964. The van der Waals surface area contributed by atoms with Gasteiger partial charge in [-0.15, -0.1) is 0 Å². The molecule has 4 aliphatic carbocycles. The van der Waals surface area contributed by atoms with E-state index in [1.165, 1.54) is 58.0 Å². The second-order valence-corrected chi connectivity index (χ2v) is 13.7. The van der Waals surface area contributed by atoms with E-state index >= 15 is 0 Å². The number of rotatable bonds is 0. The number of hydrogen-bond donors (Lipinski definition) is 1. The highest BCUT2D eigenvalue weighted by molar-refractivity contribution is 5.83. The van der Waals surface area contributed by atoms with Gasteiger partial charge in [-0.05, 0) is 105 Å². The molecule has 0 bridgehead atoms. The molecular weight excluding hydrogens is 382 g/mol. The molecule has 0 amide bonds. The zero-order valence-corrected chi connectivity index (χ0v) is 20.4. The van der Waals surface area contributed by atoms with E-state index in [0.717, 1.165) is 42.4 Å². The molecule has 3 nitrogen and oxygen atoms in total. The summed E-state index contributed by atoms with van der Waals surface area (Å²) in [7, 11) is 0. The van der Waals surface area contributed by atoms with Crippen LogP contribution in [-0.2, 0) is 4.79 Å². The SMILES string of the molecule is C[C@@H]1CC[C@]2(C)[C@H](C1)C(=O)C[C@@H]1[C@@H]3CC[C@@H]4[C@H](CN5C[C@H](C)CC[C@@H]5[C@]4(C)O)[C@@H]3C[C@@H]12. The van der Waals surface area contributed by atoms with Gasteiger partial charge in [-0.25, -0.2) is 0 Å². The molecule has 2 heterocycles. The van der Waals surface area contributed by atoms with E-state index in [2.05, 4.69) is 32.6 Å². The second kappa shape index (κ2) is 7.05. The average Bonchev–Trinajstić information content (AvgIpc) is 3.09. The van der Waals surface area contributed by atoms with Gasteiger partial charge in [-0.3, -0.25) is 9.69 Å². The molecule has 31 heavy (non-hydrogen) atoms. The van der Waals surface area contributed by atoms with Crippen LogP contribution in [0.15, 0.2) is 0 Å². The highest BCUT2D eigenvalue weighted by Gasteiger charge is 2.64. The van der Waals surface area contributed by atoms with Gasteiger partial charge in [0, 0.05) is 31.5 Å². The molecule has 0 spiro atoms. The summed E-state index contributed by atoms with van der Waals surface area (Å²) >= 11 is 0. The van der Waals surface area contributed by atoms with E-state index in [-0.39, 0.29) is 5.41 Å². The van der Waals surface area contributed by atoms with Crippen molar-refractivity contribution in [2.24, 2.45) is 58.7 Å². The van der Waals surface area contributed by atoms with Crippen molar-refractivity contribution in [3.05, 3.63) is 0 Å². The predicted octanol–water partition coefficient (Wildman–Crippen LogP) is 5.16. The van der Waals surface area contributed by atoms with Gasteiger partial charge in [0.05, 0.1) is 5.60 Å². The minimum absolute atomic E-state index is 0.249. The standard InChI is InChI=1S/C28H45NO2/c1-16-9-10-27(3)23-12-19-18(20(23)13-25(30)24(27)11-16)6-7-22-21(19)15-29-14-17(2)5-8-26(29)28(22,4)31/h16-24,26,31H,5-15H2,1-4H3/t16-,17-,18-,19-,20-,21-,22-,23+,24-,26-,27+,28-/m1/s1. The predicted molar refractivity (Wildman–Crippen MR) is 123 cm³/mol. The summed E-state index contributed by atoms with van der Waals surface area (Å²) in [4.78, 5) is 16.1. The lowest BCUT2D eigenvalue weighted by Crippen LogP contribution is -2.67. The Morgan fingerprint density at radius 1 is 0.839 bits per heavy atom. The van der Waals surface area contributed by atoms with E-state index in [1.54, 1.807) is 0 Å². The van der Waals surface area contributed by atoms with Gasteiger partial charge in [-0.2, -0.15) is 0 Å². The Kier molecular flexibility index (Phi) is 4.81. The van der Waals surface area contributed by atoms with Crippen molar-refractivity contribution in [3.8, 4) is 0 Å². The van der Waals surface area contributed by atoms with Crippen LogP contribution >= 0.6 is 0 Å². The monoisotopic (exact) mass is 427 g/mol. The van der Waals surface area contributed by atoms with E-state index in [0.29, 0.717) is 35.5 Å². The Balaban J connectivity index is 1.31. The second-order valence-electron chi connectivity index (χ2n) is 13.7. The summed E-state index contributed by atoms with van der Waals surface area (Å²) in [6.45, 7) is 11.8. The lowest BCUT2D eigenvalue weighted by molar-refractivity contribution is -0.175. The first-order valence-electron chi connectivity index (χ1n) is 13.7. The highest BCUT2D eigenvalue weighted by atomic mass is 16.3. The molecule has 12 atom stereocenters. The number of aliphatic hydroxyl groups is 1. The number of fused-ring (bicyclic) bond motifs is 8. The summed E-state index contributed by atoms with van der Waals surface area (Å²) in [5.41, 5.74) is -0.289. The Hall–Kier alpha value is -0.410. The molecule has 6 aliphatic rings. The molecule has 1 N–H and O–H groups in total. The minimum Gasteiger partial charge on any atom is -0.388 e. The number of ketones is 1. The zero-order chi connectivity index (χ0) is 21.7. The molecule has 0 aromatic carbocycles. The third kappa shape index (κ3) is 2.94. The molecule has 174 valence electrons. The van der Waals surface area contributed by atoms with Crippen LogP contribution in [0.1, 0.15) is 85.5 Å². The molecule has 0 unspecified atom stereocenters. The minimum atomic E-state index is -0.537. The van der Waals surface area contributed by atoms with Crippen LogP contribution in [0.4, 0.5) is 0 Å². The molecule has 0 aromatic heterocycles. The number of carbonyl (C=O) groups is 1. The van der Waals surface area contributed by atoms with Crippen LogP contribution in [0.5, 0.6) is 0 Å². The summed E-state index contributed by atoms with van der Waals surface area (Å²) in [5, 5.41) is 11.8. The van der Waals surface area contributed by atoms with Gasteiger partial charge in [0.25, 0.3) is 0 Å². The van der Waals surface area contributed by atoms with Gasteiger partial charge < -0.3 is 5.11 Å². The Morgan fingerprint density at radius 3 is 2.45 bits per heavy atom. The van der Waals surface area contributed by atoms with Crippen LogP contribution in [0.3, 0.4) is 0 Å². The van der Waals surface area contributed by atoms with Gasteiger partial charge in [0.1, 0.15) is 5.78 Å². The van der Waals surface area contributed by atoms with Gasteiger partial charge >= 0.3 is 0 Å². The maximum Gasteiger partial charge on any atom is 0.136 e. The maximum atomic E-state index is 13.4. The average molecular weight is 428 g/mol. The zero-order valence-electron chi connectivity index (χ0n) is 20.4. The maximum absolute atomic E-state index is 13.4. The normalized spacial score (nSPS) is 59.2. The van der Waals surface area contributed by atoms with Crippen LogP contribution in [-0.4, -0.2) is 40.5 Å². The molecule has 2 aliphatic heterocycles. The van der Waals surface area contributed by atoms with Crippen molar-refractivity contribution < 1.29 is 9.90 Å². The molecule has 2 saturated heterocycles. The number of hydrogen-bond acceptors (Lipinski definition) is 3. The van der Waals surface area contributed by atoms with E-state index in [9.17, 15) is 9.90 Å². The molecular formula is C28H45NO2. The van der Waals surface area contributed by atoms with Crippen LogP contribution < -0.4 is 0 Å². The smallest absolute Gasteiger partial charge is 0.136 e. The summed E-state index contributed by atoms with van der Waals surface area (Å²) < 4.78 is 0. The fourth-order valence-electron chi connectivity index (χ4n) is 10.6. The number of carbonyl (C=O) groups excluding carboxylic acids is 1. The van der Waals surface area contributed by atoms with Crippen LogP contribution in [0.25, 0.3) is 0 Å².